The Morgan fingerprint density at radius 2 is 0.561 bits per heavy atom. The third-order valence-electron chi connectivity index (χ3n) is 6.52. The number of carbonyl (C=O) groups is 8. The van der Waals surface area contributed by atoms with E-state index in [4.69, 9.17) is 50.5 Å². The number of ether oxygens (including phenoxy) is 5. The van der Waals surface area contributed by atoms with E-state index in [0.717, 1.165) is 53.2 Å². The molecule has 0 aliphatic heterocycles. The number of hydrogen-bond donors (Lipinski definition) is 10. The molecule has 33 heteroatoms. The summed E-state index contributed by atoms with van der Waals surface area (Å²) in [5.41, 5.74) is 8.42. The number of carboxylic acid groups (broad SMARTS) is 3. The van der Waals surface area contributed by atoms with E-state index in [1.165, 1.54) is 43.2 Å². The highest BCUT2D eigenvalue weighted by molar-refractivity contribution is 8.77. The Bertz CT molecular complexity index is 1690. The second-order valence-electron chi connectivity index (χ2n) is 20.8. The zero-order valence-electron chi connectivity index (χ0n) is 50.7. The number of nitrogens with one attached hydrogen (secondary N) is 5. The van der Waals surface area contributed by atoms with Crippen molar-refractivity contribution in [3.8, 4) is 0 Å². The molecule has 0 aliphatic carbocycles. The minimum atomic E-state index is -0.836. The van der Waals surface area contributed by atoms with Gasteiger partial charge in [-0.3, -0.25) is 14.4 Å². The molecule has 5 amide bonds. The molecular formula is C49H99N7O16S10. The van der Waals surface area contributed by atoms with Gasteiger partial charge in [0.25, 0.3) is 0 Å². The smallest absolute Gasteiger partial charge is 0.407 e. The molecule has 0 heterocycles. The minimum absolute atomic E-state index is 0.0666. The van der Waals surface area contributed by atoms with Crippen molar-refractivity contribution in [3.05, 3.63) is 0 Å². The molecule has 0 aliphatic rings. The fourth-order valence-corrected chi connectivity index (χ4v) is 13.1. The maximum atomic E-state index is 11.3. The molecule has 12 N–H and O–H groups in total. The van der Waals surface area contributed by atoms with E-state index in [2.05, 4.69) is 26.6 Å². The van der Waals surface area contributed by atoms with Crippen LogP contribution in [0.4, 0.5) is 24.0 Å². The summed E-state index contributed by atoms with van der Waals surface area (Å²) in [4.78, 5) is 86.7. The van der Waals surface area contributed by atoms with Crippen LogP contribution < -0.4 is 38.1 Å². The van der Waals surface area contributed by atoms with Crippen molar-refractivity contribution in [2.75, 3.05) is 103 Å². The molecule has 0 atom stereocenters. The molecule has 0 aromatic carbocycles. The highest BCUT2D eigenvalue weighted by atomic mass is 33.1. The molecule has 0 rings (SSSR count). The van der Waals surface area contributed by atoms with Crippen molar-refractivity contribution in [1.82, 2.24) is 26.6 Å². The number of carbonyl (C=O) groups excluding carboxylic acids is 5. The number of hydrogen-bond acceptors (Lipinski definition) is 25. The summed E-state index contributed by atoms with van der Waals surface area (Å²) in [6, 6.07) is 0. The van der Waals surface area contributed by atoms with Gasteiger partial charge in [0.1, 0.15) is 33.8 Å². The largest absolute Gasteiger partial charge is 0.481 e. The third-order valence-corrected chi connectivity index (χ3v) is 18.6. The van der Waals surface area contributed by atoms with Gasteiger partial charge in [0.15, 0.2) is 0 Å². The summed E-state index contributed by atoms with van der Waals surface area (Å²) < 4.78 is 25.3. The van der Waals surface area contributed by atoms with Gasteiger partial charge < -0.3 is 77.1 Å². The second kappa shape index (κ2) is 55.7. The number of aliphatic carboxylic acids is 3. The first-order chi connectivity index (χ1) is 37.8. The van der Waals surface area contributed by atoms with Crippen LogP contribution in [0.15, 0.2) is 0 Å². The predicted molar refractivity (Wildman–Crippen MR) is 355 cm³/mol. The van der Waals surface area contributed by atoms with Crippen LogP contribution in [0.5, 0.6) is 0 Å². The molecule has 0 spiro atoms. The molecule has 82 heavy (non-hydrogen) atoms. The molecule has 0 saturated heterocycles. The lowest BCUT2D eigenvalue weighted by molar-refractivity contribution is -0.137. The van der Waals surface area contributed by atoms with E-state index in [1.807, 2.05) is 83.1 Å². The molecule has 0 radical (unpaired) electrons. The van der Waals surface area contributed by atoms with Gasteiger partial charge in [-0.25, -0.2) is 24.0 Å². The van der Waals surface area contributed by atoms with Crippen molar-refractivity contribution >= 4 is 156 Å². The van der Waals surface area contributed by atoms with Crippen LogP contribution in [0.25, 0.3) is 0 Å². The predicted octanol–water partition coefficient (Wildman–Crippen LogP) is 11.2. The van der Waals surface area contributed by atoms with Crippen LogP contribution in [0, 0.1) is 0 Å². The second-order valence-corrected chi connectivity index (χ2v) is 34.2. The molecule has 0 bridgehead atoms. The summed E-state index contributed by atoms with van der Waals surface area (Å²) in [7, 11) is 15.9. The highest BCUT2D eigenvalue weighted by Crippen LogP contribution is 2.24. The zero-order valence-corrected chi connectivity index (χ0v) is 58.9. The molecule has 0 aromatic heterocycles. The van der Waals surface area contributed by atoms with E-state index >= 15 is 0 Å². The summed E-state index contributed by atoms with van der Waals surface area (Å²) in [5.74, 6) is 4.98. The Labute approximate surface area is 528 Å². The molecule has 23 nitrogen and oxygen atoms in total. The van der Waals surface area contributed by atoms with Gasteiger partial charge in [-0.15, -0.1) is 0 Å². The lowest BCUT2D eigenvalue weighted by Gasteiger charge is -2.19. The first-order valence-electron chi connectivity index (χ1n) is 26.0. The third kappa shape index (κ3) is 94.6. The number of amides is 5. The van der Waals surface area contributed by atoms with Gasteiger partial charge in [-0.1, -0.05) is 108 Å². The minimum Gasteiger partial charge on any atom is -0.481 e. The van der Waals surface area contributed by atoms with Crippen LogP contribution in [0.2, 0.25) is 0 Å². The standard InChI is InChI=1S/C11H21NO4S2.C10H22N2O2S2.C10H19NO4S2.C9H20N2O2S2.C9H17NO4S2/c1-11(2,3)16-10(15)12-6-8-18-17-7-4-5-9(13)14;1-10(2,3)14-9(13)12-6-8-16-15-7-4-5-11;1-10(2,3)15-9(14)11-5-7-17-16-6-4-8(12)13;1-9(2,3)13-8(12)11-5-7-15-14-6-4-10;1-9(2,3)14-8(13)10-4-5-15-16-6-7(11)12/h4-8H2,1-3H3,(H,12,15)(H,13,14);4-8,11H2,1-3H3,(H,12,13);4-7H2,1-3H3,(H,11,14)(H,12,13);4-7,10H2,1-3H3,(H,11,12);4-6H2,1-3H3,(H,10,13)(H,11,12). The summed E-state index contributed by atoms with van der Waals surface area (Å²) >= 11 is 0. The van der Waals surface area contributed by atoms with Crippen molar-refractivity contribution in [1.29, 1.82) is 0 Å². The van der Waals surface area contributed by atoms with Gasteiger partial charge in [0.05, 0.1) is 6.42 Å². The Kier molecular flexibility index (Phi) is 60.5. The topological polar surface area (TPSA) is 356 Å². The Morgan fingerprint density at radius 3 is 0.805 bits per heavy atom. The summed E-state index contributed by atoms with van der Waals surface area (Å²) in [5, 5.41) is 38.5. The lowest BCUT2D eigenvalue weighted by Crippen LogP contribution is -2.33. The first-order valence-corrected chi connectivity index (χ1v) is 38.4. The summed E-state index contributed by atoms with van der Waals surface area (Å²) in [6.45, 7) is 31.6. The normalized spacial score (nSPS) is 11.1. The average Bonchev–Trinajstić information content (AvgIpc) is 3.29. The fourth-order valence-electron chi connectivity index (χ4n) is 3.77. The molecule has 0 fully saturated rings. The van der Waals surface area contributed by atoms with Gasteiger partial charge >= 0.3 is 48.4 Å². The molecule has 0 unspecified atom stereocenters. The first kappa shape index (κ1) is 88.9. The maximum absolute atomic E-state index is 11.3. The maximum Gasteiger partial charge on any atom is 0.407 e. The van der Waals surface area contributed by atoms with E-state index < -0.39 is 64.2 Å². The van der Waals surface area contributed by atoms with E-state index in [9.17, 15) is 38.4 Å². The monoisotopic (exact) mass is 1360 g/mol. The van der Waals surface area contributed by atoms with E-state index in [1.54, 1.807) is 85.5 Å². The molecular weight excluding hydrogens is 1260 g/mol. The van der Waals surface area contributed by atoms with Crippen LogP contribution in [-0.2, 0) is 38.1 Å². The Balaban J connectivity index is -0.000000302. The summed E-state index contributed by atoms with van der Waals surface area (Å²) in [6.07, 6.45) is 0.112. The lowest BCUT2D eigenvalue weighted by atomic mass is 10.2. The highest BCUT2D eigenvalue weighted by Gasteiger charge is 2.19. The van der Waals surface area contributed by atoms with E-state index in [0.29, 0.717) is 57.2 Å². The average molecular weight is 1360 g/mol. The van der Waals surface area contributed by atoms with Gasteiger partial charge in [-0.05, 0) is 123 Å². The van der Waals surface area contributed by atoms with Crippen molar-refractivity contribution in [2.24, 2.45) is 11.5 Å². The zero-order chi connectivity index (χ0) is 64.1. The molecule has 0 saturated carbocycles. The molecule has 0 aromatic rings. The van der Waals surface area contributed by atoms with Gasteiger partial charge in [-0.2, -0.15) is 0 Å². The van der Waals surface area contributed by atoms with Crippen LogP contribution in [0.1, 0.15) is 130 Å². The van der Waals surface area contributed by atoms with Crippen molar-refractivity contribution in [2.45, 2.75) is 158 Å². The molecule has 486 valence electrons. The quantitative estimate of drug-likeness (QED) is 0.0162. The van der Waals surface area contributed by atoms with Crippen LogP contribution in [0.3, 0.4) is 0 Å². The number of carboxylic acids is 3. The Morgan fingerprint density at radius 1 is 0.317 bits per heavy atom. The SMILES string of the molecule is CC(C)(C)OC(=O)NCCSSCC(=O)O.CC(C)(C)OC(=O)NCCSSCCC(=O)O.CC(C)(C)OC(=O)NCCSSCCCC(=O)O.CC(C)(C)OC(=O)NCCSSCCCN.CC(C)(C)OC(=O)NCCSSCCN. The van der Waals surface area contributed by atoms with Gasteiger partial charge in [0, 0.05) is 97.5 Å². The van der Waals surface area contributed by atoms with E-state index in [-0.39, 0.29) is 30.8 Å². The van der Waals surface area contributed by atoms with Crippen LogP contribution in [-0.4, -0.2) is 195 Å². The number of nitrogens with two attached hydrogens (primary N) is 2. The van der Waals surface area contributed by atoms with Gasteiger partial charge in [0.2, 0.25) is 0 Å². The number of alkyl carbamates (subject to hydrolysis) is 5. The van der Waals surface area contributed by atoms with Crippen molar-refractivity contribution < 1.29 is 77.4 Å². The Hall–Kier alpha value is -1.82. The van der Waals surface area contributed by atoms with Crippen LogP contribution >= 0.6 is 108 Å². The fraction of sp³-hybridized carbons (Fsp3) is 0.837. The number of rotatable bonds is 34. The van der Waals surface area contributed by atoms with Crippen molar-refractivity contribution in [3.63, 3.8) is 0 Å².